The van der Waals surface area contributed by atoms with Crippen molar-refractivity contribution in [2.24, 2.45) is 0 Å². The molecule has 1 aromatic carbocycles. The molecule has 0 N–H and O–H groups in total. The lowest BCUT2D eigenvalue weighted by Gasteiger charge is -2.31. The van der Waals surface area contributed by atoms with Gasteiger partial charge >= 0.3 is 0 Å². The van der Waals surface area contributed by atoms with Gasteiger partial charge in [0.2, 0.25) is 0 Å². The van der Waals surface area contributed by atoms with Crippen LogP contribution in [0.15, 0.2) is 42.6 Å². The maximum atomic E-state index is 13.8. The molecule has 0 amide bonds. The Bertz CT molecular complexity index is 869. The number of hydrogen-bond acceptors (Lipinski definition) is 2. The molecule has 0 radical (unpaired) electrons. The van der Waals surface area contributed by atoms with Gasteiger partial charge < -0.3 is 4.57 Å². The molecule has 3 aromatic rings. The second-order valence-electron chi connectivity index (χ2n) is 6.78. The van der Waals surface area contributed by atoms with Crippen LogP contribution in [0.25, 0.3) is 10.9 Å². The lowest BCUT2D eigenvalue weighted by molar-refractivity contribution is 0.228. The summed E-state index contributed by atoms with van der Waals surface area (Å²) in [5.41, 5.74) is 4.87. The van der Waals surface area contributed by atoms with E-state index >= 15 is 0 Å². The summed E-state index contributed by atoms with van der Waals surface area (Å²) < 4.78 is 16.2. The fourth-order valence-corrected chi connectivity index (χ4v) is 3.73. The third-order valence-electron chi connectivity index (χ3n) is 5.22. The number of aromatic nitrogens is 2. The lowest BCUT2D eigenvalue weighted by atomic mass is 10.00. The van der Waals surface area contributed by atoms with E-state index in [1.807, 2.05) is 24.4 Å². The zero-order valence-electron chi connectivity index (χ0n) is 14.2. The molecule has 0 saturated heterocycles. The number of likely N-dealkylation sites (N-methyl/N-ethyl adjacent to an activating group) is 1. The van der Waals surface area contributed by atoms with Crippen molar-refractivity contribution in [2.75, 3.05) is 7.05 Å². The number of nitrogens with zero attached hydrogens (tertiary/aromatic N) is 3. The molecule has 3 nitrogen and oxygen atoms in total. The first-order valence-corrected chi connectivity index (χ1v) is 8.53. The van der Waals surface area contributed by atoms with Crippen LogP contribution in [0.4, 0.5) is 4.39 Å². The summed E-state index contributed by atoms with van der Waals surface area (Å²) in [5.74, 6) is -0.159. The molecule has 0 fully saturated rings. The predicted octanol–water partition coefficient (Wildman–Crippen LogP) is 3.79. The SMILES string of the molecule is CC1Cc2c(c3cc(F)ccc3n2CCc2ccccn2)CN1C. The molecule has 0 saturated carbocycles. The minimum atomic E-state index is -0.159. The Morgan fingerprint density at radius 1 is 1.25 bits per heavy atom. The van der Waals surface area contributed by atoms with Crippen molar-refractivity contribution in [3.8, 4) is 0 Å². The normalized spacial score (nSPS) is 18.0. The number of hydrogen-bond donors (Lipinski definition) is 0. The molecule has 1 aliphatic heterocycles. The van der Waals surface area contributed by atoms with Gasteiger partial charge in [0, 0.05) is 60.5 Å². The van der Waals surface area contributed by atoms with Gasteiger partial charge in [-0.2, -0.15) is 0 Å². The molecule has 124 valence electrons. The van der Waals surface area contributed by atoms with Gasteiger partial charge in [0.1, 0.15) is 5.82 Å². The van der Waals surface area contributed by atoms with Crippen LogP contribution in [0.2, 0.25) is 0 Å². The van der Waals surface area contributed by atoms with E-state index in [9.17, 15) is 4.39 Å². The van der Waals surface area contributed by atoms with Crippen molar-refractivity contribution in [1.82, 2.24) is 14.5 Å². The quantitative estimate of drug-likeness (QED) is 0.731. The van der Waals surface area contributed by atoms with Crippen LogP contribution in [-0.2, 0) is 25.9 Å². The molecular formula is C20H22FN3. The summed E-state index contributed by atoms with van der Waals surface area (Å²) in [7, 11) is 2.14. The standard InChI is InChI=1S/C20H22FN3/c1-14-11-20-18(13-23(14)2)17-12-15(21)6-7-19(17)24(20)10-8-16-5-3-4-9-22-16/h3-7,9,12,14H,8,10-11,13H2,1-2H3. The van der Waals surface area contributed by atoms with Crippen molar-refractivity contribution in [1.29, 1.82) is 0 Å². The fraction of sp³-hybridized carbons (Fsp3) is 0.350. The third-order valence-corrected chi connectivity index (χ3v) is 5.22. The van der Waals surface area contributed by atoms with Gasteiger partial charge in [-0.3, -0.25) is 9.88 Å². The van der Waals surface area contributed by atoms with Crippen molar-refractivity contribution in [3.05, 3.63) is 65.4 Å². The van der Waals surface area contributed by atoms with Crippen LogP contribution in [0.3, 0.4) is 0 Å². The Kier molecular flexibility index (Phi) is 3.85. The third kappa shape index (κ3) is 2.61. The first-order chi connectivity index (χ1) is 11.6. The van der Waals surface area contributed by atoms with Crippen molar-refractivity contribution in [2.45, 2.75) is 38.9 Å². The predicted molar refractivity (Wildman–Crippen MR) is 94.5 cm³/mol. The van der Waals surface area contributed by atoms with E-state index in [1.54, 1.807) is 12.1 Å². The monoisotopic (exact) mass is 323 g/mol. The van der Waals surface area contributed by atoms with Crippen LogP contribution >= 0.6 is 0 Å². The summed E-state index contributed by atoms with van der Waals surface area (Å²) >= 11 is 0. The largest absolute Gasteiger partial charge is 0.344 e. The maximum absolute atomic E-state index is 13.8. The Hall–Kier alpha value is -2.20. The Morgan fingerprint density at radius 3 is 2.92 bits per heavy atom. The maximum Gasteiger partial charge on any atom is 0.123 e. The van der Waals surface area contributed by atoms with E-state index in [-0.39, 0.29) is 5.82 Å². The average Bonchev–Trinajstić information content (AvgIpc) is 2.87. The summed E-state index contributed by atoms with van der Waals surface area (Å²) in [6.45, 7) is 4.02. The number of pyridine rings is 1. The second kappa shape index (κ2) is 6.02. The van der Waals surface area contributed by atoms with Crippen LogP contribution in [0.5, 0.6) is 0 Å². The zero-order chi connectivity index (χ0) is 16.7. The van der Waals surface area contributed by atoms with Crippen LogP contribution in [0.1, 0.15) is 23.9 Å². The van der Waals surface area contributed by atoms with Gasteiger partial charge in [0.25, 0.3) is 0 Å². The molecule has 0 spiro atoms. The molecule has 2 aromatic heterocycles. The van der Waals surface area contributed by atoms with Crippen molar-refractivity contribution >= 4 is 10.9 Å². The topological polar surface area (TPSA) is 21.1 Å². The molecule has 4 rings (SSSR count). The molecule has 1 atom stereocenters. The van der Waals surface area contributed by atoms with E-state index in [0.717, 1.165) is 42.5 Å². The van der Waals surface area contributed by atoms with Gasteiger partial charge in [-0.25, -0.2) is 4.39 Å². The molecule has 0 aliphatic carbocycles. The minimum Gasteiger partial charge on any atom is -0.344 e. The Morgan fingerprint density at radius 2 is 2.12 bits per heavy atom. The van der Waals surface area contributed by atoms with Crippen LogP contribution < -0.4 is 0 Å². The van der Waals surface area contributed by atoms with Gasteiger partial charge in [-0.05, 0) is 49.9 Å². The van der Waals surface area contributed by atoms with Crippen molar-refractivity contribution in [3.63, 3.8) is 0 Å². The highest BCUT2D eigenvalue weighted by Gasteiger charge is 2.26. The molecule has 1 unspecified atom stereocenters. The highest BCUT2D eigenvalue weighted by Crippen LogP contribution is 2.33. The highest BCUT2D eigenvalue weighted by atomic mass is 19.1. The Balaban J connectivity index is 1.78. The first-order valence-electron chi connectivity index (χ1n) is 8.53. The number of fused-ring (bicyclic) bond motifs is 3. The molecule has 3 heterocycles. The second-order valence-corrected chi connectivity index (χ2v) is 6.78. The molecule has 4 heteroatoms. The van der Waals surface area contributed by atoms with E-state index in [1.165, 1.54) is 11.3 Å². The summed E-state index contributed by atoms with van der Waals surface area (Å²) in [6, 6.07) is 11.7. The van der Waals surface area contributed by atoms with E-state index in [2.05, 4.69) is 34.5 Å². The first kappa shape index (κ1) is 15.3. The summed E-state index contributed by atoms with van der Waals surface area (Å²) in [6.07, 6.45) is 3.73. The van der Waals surface area contributed by atoms with Gasteiger partial charge in [0.15, 0.2) is 0 Å². The lowest BCUT2D eigenvalue weighted by Crippen LogP contribution is -2.35. The van der Waals surface area contributed by atoms with Gasteiger partial charge in [0.05, 0.1) is 0 Å². The van der Waals surface area contributed by atoms with E-state index in [0.29, 0.717) is 6.04 Å². The number of rotatable bonds is 3. The number of halogens is 1. The number of aryl methyl sites for hydroxylation is 2. The molecule has 1 aliphatic rings. The minimum absolute atomic E-state index is 0.159. The number of benzene rings is 1. The summed E-state index contributed by atoms with van der Waals surface area (Å²) in [5, 5.41) is 1.06. The molecular weight excluding hydrogens is 301 g/mol. The van der Waals surface area contributed by atoms with Crippen molar-refractivity contribution < 1.29 is 4.39 Å². The highest BCUT2D eigenvalue weighted by molar-refractivity contribution is 5.86. The molecule has 24 heavy (non-hydrogen) atoms. The van der Waals surface area contributed by atoms with E-state index in [4.69, 9.17) is 0 Å². The van der Waals surface area contributed by atoms with Crippen LogP contribution in [-0.4, -0.2) is 27.5 Å². The zero-order valence-corrected chi connectivity index (χ0v) is 14.2. The van der Waals surface area contributed by atoms with Gasteiger partial charge in [-0.15, -0.1) is 0 Å². The summed E-state index contributed by atoms with van der Waals surface area (Å²) in [4.78, 5) is 6.77. The fourth-order valence-electron chi connectivity index (χ4n) is 3.73. The Labute approximate surface area is 141 Å². The van der Waals surface area contributed by atoms with Gasteiger partial charge in [-0.1, -0.05) is 6.07 Å². The van der Waals surface area contributed by atoms with Crippen LogP contribution in [0, 0.1) is 5.82 Å². The van der Waals surface area contributed by atoms with E-state index < -0.39 is 0 Å². The average molecular weight is 323 g/mol. The molecule has 0 bridgehead atoms. The smallest absolute Gasteiger partial charge is 0.123 e.